The number of hydrogen-bond donors (Lipinski definition) is 2. The summed E-state index contributed by atoms with van der Waals surface area (Å²) in [5.41, 5.74) is 2.48. The minimum absolute atomic E-state index is 0.0801. The lowest BCUT2D eigenvalue weighted by molar-refractivity contribution is -0.115. The van der Waals surface area contributed by atoms with Crippen LogP contribution in [0.15, 0.2) is 68.7 Å². The molecular weight excluding hydrogens is 530 g/mol. The van der Waals surface area contributed by atoms with Crippen LogP contribution in [-0.2, 0) is 17.6 Å². The van der Waals surface area contributed by atoms with Crippen LogP contribution in [0.25, 0.3) is 26.8 Å². The third-order valence-electron chi connectivity index (χ3n) is 6.29. The fraction of sp³-hybridized carbons (Fsp3) is 0.192. The normalized spacial score (nSPS) is 13.5. The van der Waals surface area contributed by atoms with Crippen molar-refractivity contribution in [2.24, 2.45) is 10.2 Å². The lowest BCUT2D eigenvalue weighted by Gasteiger charge is -2.13. The number of benzene rings is 2. The predicted molar refractivity (Wildman–Crippen MR) is 147 cm³/mol. The second kappa shape index (κ2) is 9.77. The highest BCUT2D eigenvalue weighted by Crippen LogP contribution is 2.36. The van der Waals surface area contributed by atoms with Gasteiger partial charge in [0, 0.05) is 15.3 Å². The quantitative estimate of drug-likeness (QED) is 0.146. The van der Waals surface area contributed by atoms with Crippen LogP contribution in [-0.4, -0.2) is 31.3 Å². The Morgan fingerprint density at radius 1 is 1.16 bits per heavy atom. The van der Waals surface area contributed by atoms with Gasteiger partial charge < -0.3 is 10.1 Å². The van der Waals surface area contributed by atoms with Crippen LogP contribution >= 0.6 is 34.7 Å². The third-order valence-corrected chi connectivity index (χ3v) is 8.65. The number of aromatic nitrogens is 3. The maximum atomic E-state index is 13.8. The van der Waals surface area contributed by atoms with Crippen molar-refractivity contribution in [3.8, 4) is 11.6 Å². The summed E-state index contributed by atoms with van der Waals surface area (Å²) in [6, 6.07) is 14.2. The van der Waals surface area contributed by atoms with Crippen molar-refractivity contribution in [3.63, 3.8) is 0 Å². The van der Waals surface area contributed by atoms with Crippen molar-refractivity contribution in [2.45, 2.75) is 30.8 Å². The highest BCUT2D eigenvalue weighted by Gasteiger charge is 2.23. The number of carbonyl (C=O) groups excluding carboxylic acids is 1. The number of halogens is 1. The Bertz CT molecular complexity index is 1750. The number of carbonyl (C=O) groups is 1. The Morgan fingerprint density at radius 2 is 1.95 bits per heavy atom. The SMILES string of the molecule is O=C(CSc1nc2sc3c(c2c(=O)n1-c1ccc(Cl)cc1)CCCC3)N=Nc1c(O)[nH]c2ccccc12. The van der Waals surface area contributed by atoms with Crippen molar-refractivity contribution in [3.05, 3.63) is 74.3 Å². The molecule has 0 radical (unpaired) electrons. The van der Waals surface area contributed by atoms with Crippen molar-refractivity contribution in [1.82, 2.24) is 14.5 Å². The number of hydrogen-bond acceptors (Lipinski definition) is 7. The van der Waals surface area contributed by atoms with Crippen molar-refractivity contribution >= 4 is 67.4 Å². The first-order valence-electron chi connectivity index (χ1n) is 11.7. The number of rotatable bonds is 5. The zero-order chi connectivity index (χ0) is 25.5. The maximum Gasteiger partial charge on any atom is 0.275 e. The number of nitrogens with zero attached hydrogens (tertiary/aromatic N) is 4. The molecule has 0 atom stereocenters. The standard InChI is InChI=1S/C26H20ClN5O3S2/c27-14-9-11-15(12-10-14)32-25(35)21-17-6-2-4-8-19(17)37-24(21)29-26(32)36-13-20(33)30-31-22-16-5-1-3-7-18(16)28-23(22)34/h1,3,5,7,9-12,28,34H,2,4,6,8,13H2. The molecule has 1 amide bonds. The molecule has 0 aliphatic heterocycles. The highest BCUT2D eigenvalue weighted by atomic mass is 35.5. The van der Waals surface area contributed by atoms with Gasteiger partial charge in [-0.05, 0) is 61.6 Å². The fourth-order valence-electron chi connectivity index (χ4n) is 4.58. The maximum absolute atomic E-state index is 13.8. The number of azo groups is 1. The molecule has 3 aromatic heterocycles. The van der Waals surface area contributed by atoms with Gasteiger partial charge >= 0.3 is 0 Å². The number of amides is 1. The van der Waals surface area contributed by atoms with Crippen LogP contribution < -0.4 is 5.56 Å². The number of H-pyrrole nitrogens is 1. The predicted octanol–water partition coefficient (Wildman–Crippen LogP) is 6.57. The Labute approximate surface area is 224 Å². The molecule has 6 rings (SSSR count). The third kappa shape index (κ3) is 4.45. The largest absolute Gasteiger partial charge is 0.493 e. The van der Waals surface area contributed by atoms with E-state index in [-0.39, 0.29) is 22.9 Å². The molecule has 2 N–H and O–H groups in total. The van der Waals surface area contributed by atoms with Gasteiger partial charge in [0.25, 0.3) is 11.5 Å². The first-order chi connectivity index (χ1) is 18.0. The molecule has 0 unspecified atom stereocenters. The van der Waals surface area contributed by atoms with E-state index in [9.17, 15) is 14.7 Å². The number of aryl methyl sites for hydroxylation is 2. The van der Waals surface area contributed by atoms with Crippen molar-refractivity contribution < 1.29 is 9.90 Å². The topological polar surface area (TPSA) is 113 Å². The number of aromatic hydroxyl groups is 1. The molecule has 37 heavy (non-hydrogen) atoms. The summed E-state index contributed by atoms with van der Waals surface area (Å²) in [7, 11) is 0. The summed E-state index contributed by atoms with van der Waals surface area (Å²) in [5, 5.41) is 20.2. The molecule has 186 valence electrons. The van der Waals surface area contributed by atoms with Crippen LogP contribution in [0, 0.1) is 0 Å². The zero-order valence-corrected chi connectivity index (χ0v) is 21.8. The zero-order valence-electron chi connectivity index (χ0n) is 19.4. The smallest absolute Gasteiger partial charge is 0.275 e. The van der Waals surface area contributed by atoms with Crippen LogP contribution in [0.2, 0.25) is 5.02 Å². The van der Waals surface area contributed by atoms with E-state index in [0.717, 1.165) is 43.0 Å². The van der Waals surface area contributed by atoms with Crippen molar-refractivity contribution in [2.75, 3.05) is 5.75 Å². The van der Waals surface area contributed by atoms with Crippen LogP contribution in [0.1, 0.15) is 23.3 Å². The molecule has 0 spiro atoms. The molecule has 0 bridgehead atoms. The van der Waals surface area contributed by atoms with Gasteiger partial charge in [-0.15, -0.1) is 21.6 Å². The van der Waals surface area contributed by atoms with Gasteiger partial charge in [-0.3, -0.25) is 14.2 Å². The minimum Gasteiger partial charge on any atom is -0.493 e. The number of thioether (sulfide) groups is 1. The second-order valence-corrected chi connectivity index (χ2v) is 11.1. The van der Waals surface area contributed by atoms with E-state index in [1.807, 2.05) is 12.1 Å². The Kier molecular flexibility index (Phi) is 6.31. The number of thiophene rings is 1. The molecule has 1 aliphatic carbocycles. The summed E-state index contributed by atoms with van der Waals surface area (Å²) >= 11 is 8.77. The molecular formula is C26H20ClN5O3S2. The van der Waals surface area contributed by atoms with E-state index < -0.39 is 5.91 Å². The minimum atomic E-state index is -0.517. The average Bonchev–Trinajstić information content (AvgIpc) is 3.43. The number of aromatic amines is 1. The molecule has 5 aromatic rings. The molecule has 0 saturated carbocycles. The number of nitrogens with one attached hydrogen (secondary N) is 1. The van der Waals surface area contributed by atoms with Crippen LogP contribution in [0.5, 0.6) is 5.88 Å². The summed E-state index contributed by atoms with van der Waals surface area (Å²) in [4.78, 5) is 36.0. The molecule has 8 nitrogen and oxygen atoms in total. The van der Waals surface area contributed by atoms with E-state index >= 15 is 0 Å². The Hall–Kier alpha value is -3.47. The van der Waals surface area contributed by atoms with Crippen LogP contribution in [0.3, 0.4) is 0 Å². The monoisotopic (exact) mass is 549 g/mol. The van der Waals surface area contributed by atoms with Gasteiger partial charge in [0.1, 0.15) is 4.83 Å². The summed E-state index contributed by atoms with van der Waals surface area (Å²) in [6.45, 7) is 0. The van der Waals surface area contributed by atoms with Gasteiger partial charge in [0.2, 0.25) is 5.88 Å². The van der Waals surface area contributed by atoms with E-state index in [2.05, 4.69) is 15.2 Å². The van der Waals surface area contributed by atoms with Gasteiger partial charge in [-0.2, -0.15) is 0 Å². The molecule has 1 aliphatic rings. The molecule has 3 heterocycles. The van der Waals surface area contributed by atoms with E-state index in [1.165, 1.54) is 4.88 Å². The molecule has 2 aromatic carbocycles. The van der Waals surface area contributed by atoms with E-state index in [1.54, 1.807) is 52.3 Å². The van der Waals surface area contributed by atoms with Crippen molar-refractivity contribution in [1.29, 1.82) is 0 Å². The number of fused-ring (bicyclic) bond motifs is 4. The van der Waals surface area contributed by atoms with Gasteiger partial charge in [0.15, 0.2) is 10.8 Å². The summed E-state index contributed by atoms with van der Waals surface area (Å²) < 4.78 is 1.54. The van der Waals surface area contributed by atoms with Gasteiger partial charge in [-0.1, -0.05) is 41.6 Å². The van der Waals surface area contributed by atoms with Crippen LogP contribution in [0.4, 0.5) is 5.69 Å². The highest BCUT2D eigenvalue weighted by molar-refractivity contribution is 7.99. The van der Waals surface area contributed by atoms with E-state index in [0.29, 0.717) is 37.0 Å². The van der Waals surface area contributed by atoms with Gasteiger partial charge in [0.05, 0.1) is 22.3 Å². The number of para-hydroxylation sites is 1. The van der Waals surface area contributed by atoms with Gasteiger partial charge in [-0.25, -0.2) is 4.98 Å². The Balaban J connectivity index is 1.34. The molecule has 11 heteroatoms. The summed E-state index contributed by atoms with van der Waals surface area (Å²) in [6.07, 6.45) is 4.00. The Morgan fingerprint density at radius 3 is 2.78 bits per heavy atom. The van der Waals surface area contributed by atoms with E-state index in [4.69, 9.17) is 16.6 Å². The lowest BCUT2D eigenvalue weighted by Crippen LogP contribution is -2.22. The first kappa shape index (κ1) is 23.9. The summed E-state index contributed by atoms with van der Waals surface area (Å²) in [5.74, 6) is -0.753. The fourth-order valence-corrected chi connectivity index (χ4v) is 6.80. The molecule has 0 saturated heterocycles. The second-order valence-electron chi connectivity index (χ2n) is 8.65. The molecule has 0 fully saturated rings. The lowest BCUT2D eigenvalue weighted by atomic mass is 9.97. The first-order valence-corrected chi connectivity index (χ1v) is 13.9. The average molecular weight is 550 g/mol.